The highest BCUT2D eigenvalue weighted by Gasteiger charge is 2.18. The van der Waals surface area contributed by atoms with Crippen LogP contribution in [0.3, 0.4) is 0 Å². The van der Waals surface area contributed by atoms with Crippen LogP contribution in [0.5, 0.6) is 0 Å². The number of ether oxygens (including phenoxy) is 1. The highest BCUT2D eigenvalue weighted by Crippen LogP contribution is 2.27. The topological polar surface area (TPSA) is 116 Å². The minimum atomic E-state index is -0.773. The number of esters is 1. The fourth-order valence-electron chi connectivity index (χ4n) is 2.45. The third kappa shape index (κ3) is 6.20. The van der Waals surface area contributed by atoms with Crippen molar-refractivity contribution in [2.45, 2.75) is 26.7 Å². The van der Waals surface area contributed by atoms with Gasteiger partial charge in [-0.1, -0.05) is 0 Å². The molecular formula is C20H19FN2O6. The summed E-state index contributed by atoms with van der Waals surface area (Å²) in [5, 5.41) is 13.5. The summed E-state index contributed by atoms with van der Waals surface area (Å²) < 4.78 is 17.6. The Morgan fingerprint density at radius 3 is 2.31 bits per heavy atom. The van der Waals surface area contributed by atoms with Gasteiger partial charge in [-0.05, 0) is 55.3 Å². The number of hydrogen-bond donors (Lipinski definition) is 1. The second kappa shape index (κ2) is 9.54. The number of ketones is 1. The monoisotopic (exact) mass is 402 g/mol. The smallest absolute Gasteiger partial charge is 0.306 e. The average Bonchev–Trinajstić information content (AvgIpc) is 2.67. The van der Waals surface area contributed by atoms with Crippen LogP contribution in [0.25, 0.3) is 0 Å². The summed E-state index contributed by atoms with van der Waals surface area (Å²) in [5.74, 6) is -2.35. The van der Waals surface area contributed by atoms with E-state index >= 15 is 0 Å². The number of anilines is 1. The molecule has 29 heavy (non-hydrogen) atoms. The molecule has 0 aliphatic heterocycles. The summed E-state index contributed by atoms with van der Waals surface area (Å²) in [6, 6.07) is 7.72. The molecule has 0 atom stereocenters. The number of halogens is 1. The van der Waals surface area contributed by atoms with Gasteiger partial charge in [0.2, 0.25) is 0 Å². The van der Waals surface area contributed by atoms with Crippen LogP contribution in [-0.4, -0.2) is 29.2 Å². The molecule has 0 fully saturated rings. The highest BCUT2D eigenvalue weighted by atomic mass is 19.1. The van der Waals surface area contributed by atoms with Crippen LogP contribution in [-0.2, 0) is 14.3 Å². The van der Waals surface area contributed by atoms with Crippen LogP contribution in [0.1, 0.15) is 34.3 Å². The lowest BCUT2D eigenvalue weighted by atomic mass is 10.1. The minimum Gasteiger partial charge on any atom is -0.456 e. The van der Waals surface area contributed by atoms with E-state index in [2.05, 4.69) is 5.32 Å². The number of nitro benzene ring substituents is 1. The zero-order valence-electron chi connectivity index (χ0n) is 15.9. The van der Waals surface area contributed by atoms with Crippen molar-refractivity contribution in [3.63, 3.8) is 0 Å². The second-order valence-electron chi connectivity index (χ2n) is 6.35. The van der Waals surface area contributed by atoms with E-state index in [1.807, 2.05) is 0 Å². The first-order valence-corrected chi connectivity index (χ1v) is 8.67. The Balaban J connectivity index is 1.85. The molecule has 0 spiro atoms. The van der Waals surface area contributed by atoms with Crippen LogP contribution in [0.4, 0.5) is 15.8 Å². The molecule has 0 aromatic heterocycles. The zero-order valence-corrected chi connectivity index (χ0v) is 15.9. The molecule has 152 valence electrons. The van der Waals surface area contributed by atoms with Crippen LogP contribution in [0.2, 0.25) is 0 Å². The molecule has 0 radical (unpaired) electrons. The Hall–Kier alpha value is -3.62. The van der Waals surface area contributed by atoms with E-state index in [4.69, 9.17) is 4.74 Å². The maximum absolute atomic E-state index is 12.8. The zero-order chi connectivity index (χ0) is 21.6. The molecule has 2 rings (SSSR count). The van der Waals surface area contributed by atoms with Crippen molar-refractivity contribution in [1.29, 1.82) is 0 Å². The predicted molar refractivity (Wildman–Crippen MR) is 102 cm³/mol. The van der Waals surface area contributed by atoms with E-state index in [0.29, 0.717) is 5.56 Å². The molecule has 0 aliphatic rings. The summed E-state index contributed by atoms with van der Waals surface area (Å²) in [5.41, 5.74) is 1.46. The Morgan fingerprint density at radius 2 is 1.69 bits per heavy atom. The molecule has 2 aromatic rings. The normalized spacial score (nSPS) is 10.3. The third-order valence-corrected chi connectivity index (χ3v) is 4.17. The molecule has 0 bridgehead atoms. The fourth-order valence-corrected chi connectivity index (χ4v) is 2.45. The number of Topliss-reactive ketones (excluding diaryl/α,β-unsaturated/α-hetero) is 1. The van der Waals surface area contributed by atoms with Gasteiger partial charge in [-0.15, -0.1) is 0 Å². The van der Waals surface area contributed by atoms with Crippen molar-refractivity contribution in [1.82, 2.24) is 0 Å². The number of carbonyl (C=O) groups excluding carboxylic acids is 3. The highest BCUT2D eigenvalue weighted by molar-refractivity contribution is 5.98. The van der Waals surface area contributed by atoms with Crippen molar-refractivity contribution in [3.05, 3.63) is 69.0 Å². The number of nitro groups is 1. The number of rotatable bonds is 8. The molecule has 0 saturated carbocycles. The van der Waals surface area contributed by atoms with Crippen molar-refractivity contribution in [3.8, 4) is 0 Å². The Bertz CT molecular complexity index is 956. The number of amides is 1. The van der Waals surface area contributed by atoms with Gasteiger partial charge >= 0.3 is 5.97 Å². The van der Waals surface area contributed by atoms with E-state index in [-0.39, 0.29) is 35.6 Å². The first-order chi connectivity index (χ1) is 13.7. The summed E-state index contributed by atoms with van der Waals surface area (Å²) in [7, 11) is 0. The molecule has 8 nitrogen and oxygen atoms in total. The fraction of sp³-hybridized carbons (Fsp3) is 0.250. The number of aryl methyl sites for hydroxylation is 2. The Kier molecular flexibility index (Phi) is 7.13. The largest absolute Gasteiger partial charge is 0.456 e. The second-order valence-corrected chi connectivity index (χ2v) is 6.35. The number of nitrogens with one attached hydrogen (secondary N) is 1. The van der Waals surface area contributed by atoms with Gasteiger partial charge in [0.25, 0.3) is 11.6 Å². The van der Waals surface area contributed by atoms with Crippen LogP contribution >= 0.6 is 0 Å². The van der Waals surface area contributed by atoms with Crippen LogP contribution in [0.15, 0.2) is 36.4 Å². The SMILES string of the molecule is Cc1cc(NC(=O)COC(=O)CCC(=O)c2ccc(F)cc2)c([N+](=O)[O-])cc1C. The van der Waals surface area contributed by atoms with Gasteiger partial charge in [-0.25, -0.2) is 4.39 Å². The van der Waals surface area contributed by atoms with E-state index in [1.54, 1.807) is 13.8 Å². The van der Waals surface area contributed by atoms with E-state index in [9.17, 15) is 28.9 Å². The number of carbonyl (C=O) groups is 3. The summed E-state index contributed by atoms with van der Waals surface area (Å²) >= 11 is 0. The Labute approximate surface area is 165 Å². The van der Waals surface area contributed by atoms with Crippen molar-refractivity contribution >= 4 is 29.0 Å². The van der Waals surface area contributed by atoms with E-state index in [0.717, 1.165) is 17.7 Å². The van der Waals surface area contributed by atoms with Crippen molar-refractivity contribution < 1.29 is 28.4 Å². The molecule has 1 N–H and O–H groups in total. The third-order valence-electron chi connectivity index (χ3n) is 4.17. The van der Waals surface area contributed by atoms with Gasteiger partial charge in [0.05, 0.1) is 11.3 Å². The lowest BCUT2D eigenvalue weighted by Gasteiger charge is -2.09. The quantitative estimate of drug-likeness (QED) is 0.313. The predicted octanol–water partition coefficient (Wildman–Crippen LogP) is 3.50. The summed E-state index contributed by atoms with van der Waals surface area (Å²) in [6.07, 6.45) is -0.415. The molecular weight excluding hydrogens is 383 g/mol. The minimum absolute atomic E-state index is 0.00522. The summed E-state index contributed by atoms with van der Waals surface area (Å²) in [6.45, 7) is 2.81. The van der Waals surface area contributed by atoms with Gasteiger partial charge in [0.1, 0.15) is 11.5 Å². The van der Waals surface area contributed by atoms with Gasteiger partial charge in [0, 0.05) is 18.1 Å². The molecule has 0 aliphatic carbocycles. The Morgan fingerprint density at radius 1 is 1.07 bits per heavy atom. The standard InChI is InChI=1S/C20H19FN2O6/c1-12-9-16(17(23(27)28)10-13(12)2)22-19(25)11-29-20(26)8-7-18(24)14-3-5-15(21)6-4-14/h3-6,9-10H,7-8,11H2,1-2H3,(H,22,25). The van der Waals surface area contributed by atoms with Gasteiger partial charge in [-0.3, -0.25) is 24.5 Å². The van der Waals surface area contributed by atoms with Gasteiger partial charge < -0.3 is 10.1 Å². The van der Waals surface area contributed by atoms with Crippen molar-refractivity contribution in [2.75, 3.05) is 11.9 Å². The van der Waals surface area contributed by atoms with E-state index in [1.165, 1.54) is 24.3 Å². The molecule has 0 saturated heterocycles. The molecule has 9 heteroatoms. The van der Waals surface area contributed by atoms with Crippen LogP contribution in [0, 0.1) is 29.8 Å². The molecule has 0 heterocycles. The lowest BCUT2D eigenvalue weighted by Crippen LogP contribution is -2.21. The number of nitrogens with zero attached hydrogens (tertiary/aromatic N) is 1. The van der Waals surface area contributed by atoms with E-state index < -0.39 is 29.2 Å². The summed E-state index contributed by atoms with van der Waals surface area (Å²) in [4.78, 5) is 46.2. The van der Waals surface area contributed by atoms with Crippen molar-refractivity contribution in [2.24, 2.45) is 0 Å². The first-order valence-electron chi connectivity index (χ1n) is 8.67. The lowest BCUT2D eigenvalue weighted by molar-refractivity contribution is -0.384. The molecule has 1 amide bonds. The van der Waals surface area contributed by atoms with Gasteiger partial charge in [0.15, 0.2) is 12.4 Å². The maximum atomic E-state index is 12.8. The maximum Gasteiger partial charge on any atom is 0.306 e. The average molecular weight is 402 g/mol. The first kappa shape index (κ1) is 21.7. The van der Waals surface area contributed by atoms with Gasteiger partial charge in [-0.2, -0.15) is 0 Å². The molecule has 0 unspecified atom stereocenters. The number of hydrogen-bond acceptors (Lipinski definition) is 6. The van der Waals surface area contributed by atoms with Crippen LogP contribution < -0.4 is 5.32 Å². The number of benzene rings is 2. The molecule has 2 aromatic carbocycles.